The molecule has 2 N–H and O–H groups in total. The third kappa shape index (κ3) is 5.00. The molecule has 0 aliphatic rings. The maximum Gasteiger partial charge on any atom is 0.0314 e. The summed E-state index contributed by atoms with van der Waals surface area (Å²) in [5.41, 5.74) is 6.78. The average molecular weight is 317 g/mol. The Morgan fingerprint density at radius 2 is 2.00 bits per heavy atom. The predicted molar refractivity (Wildman–Crippen MR) is 80.5 cm³/mol. The summed E-state index contributed by atoms with van der Waals surface area (Å²) in [6.07, 6.45) is 0. The summed E-state index contributed by atoms with van der Waals surface area (Å²) in [6, 6.07) is 6.36. The summed E-state index contributed by atoms with van der Waals surface area (Å²) in [6.45, 7) is 8.42. The lowest BCUT2D eigenvalue weighted by Gasteiger charge is -2.17. The van der Waals surface area contributed by atoms with Crippen LogP contribution in [0.25, 0.3) is 0 Å². The van der Waals surface area contributed by atoms with Gasteiger partial charge in [-0.25, -0.2) is 0 Å². The van der Waals surface area contributed by atoms with Crippen molar-refractivity contribution in [2.45, 2.75) is 25.3 Å². The monoisotopic (exact) mass is 316 g/mol. The third-order valence-corrected chi connectivity index (χ3v) is 4.76. The molecule has 17 heavy (non-hydrogen) atoms. The van der Waals surface area contributed by atoms with Gasteiger partial charge in [-0.2, -0.15) is 0 Å². The van der Waals surface area contributed by atoms with Gasteiger partial charge in [0.05, 0.1) is 0 Å². The van der Waals surface area contributed by atoms with Crippen molar-refractivity contribution in [1.29, 1.82) is 0 Å². The summed E-state index contributed by atoms with van der Waals surface area (Å²) < 4.78 is 1.16. The lowest BCUT2D eigenvalue weighted by Crippen LogP contribution is -2.25. The highest BCUT2D eigenvalue weighted by atomic mass is 79.9. The van der Waals surface area contributed by atoms with Crippen molar-refractivity contribution in [3.8, 4) is 0 Å². The van der Waals surface area contributed by atoms with Crippen LogP contribution in [-0.2, 0) is 6.54 Å². The van der Waals surface area contributed by atoms with E-state index >= 15 is 0 Å². The van der Waals surface area contributed by atoms with Gasteiger partial charge >= 0.3 is 0 Å². The molecular weight excluding hydrogens is 296 g/mol. The molecule has 0 spiro atoms. The van der Waals surface area contributed by atoms with Gasteiger partial charge in [0.1, 0.15) is 0 Å². The van der Waals surface area contributed by atoms with Crippen LogP contribution in [-0.4, -0.2) is 30.3 Å². The number of rotatable bonds is 7. The number of benzene rings is 1. The summed E-state index contributed by atoms with van der Waals surface area (Å²) in [5.74, 6) is 1.13. The molecule has 0 aliphatic heterocycles. The first-order chi connectivity index (χ1) is 8.21. The zero-order valence-electron chi connectivity index (χ0n) is 10.6. The average Bonchev–Trinajstić information content (AvgIpc) is 2.36. The Balaban J connectivity index is 2.46. The van der Waals surface area contributed by atoms with Crippen molar-refractivity contribution in [3.63, 3.8) is 0 Å². The summed E-state index contributed by atoms with van der Waals surface area (Å²) in [4.78, 5) is 3.74. The fraction of sp³-hybridized carbons (Fsp3) is 0.538. The highest BCUT2D eigenvalue weighted by Crippen LogP contribution is 2.28. The molecule has 2 nitrogen and oxygen atoms in total. The van der Waals surface area contributed by atoms with E-state index in [2.05, 4.69) is 52.9 Å². The lowest BCUT2D eigenvalue weighted by atomic mass is 10.2. The van der Waals surface area contributed by atoms with Crippen LogP contribution in [0.1, 0.15) is 19.4 Å². The quantitative estimate of drug-likeness (QED) is 0.782. The number of halogens is 1. The first-order valence-electron chi connectivity index (χ1n) is 6.04. The number of hydrogen-bond acceptors (Lipinski definition) is 3. The molecule has 0 heterocycles. The van der Waals surface area contributed by atoms with Gasteiger partial charge in [0.2, 0.25) is 0 Å². The topological polar surface area (TPSA) is 29.3 Å². The van der Waals surface area contributed by atoms with Crippen LogP contribution in [0, 0.1) is 0 Å². The molecule has 0 saturated heterocycles. The van der Waals surface area contributed by atoms with E-state index in [1.54, 1.807) is 0 Å². The van der Waals surface area contributed by atoms with Crippen LogP contribution in [0.3, 0.4) is 0 Å². The van der Waals surface area contributed by atoms with Crippen molar-refractivity contribution in [3.05, 3.63) is 28.2 Å². The molecule has 0 atom stereocenters. The summed E-state index contributed by atoms with van der Waals surface area (Å²) in [7, 11) is 0. The minimum absolute atomic E-state index is 0.600. The Morgan fingerprint density at radius 3 is 2.53 bits per heavy atom. The highest BCUT2D eigenvalue weighted by molar-refractivity contribution is 9.10. The largest absolute Gasteiger partial charge is 0.326 e. The lowest BCUT2D eigenvalue weighted by molar-refractivity contribution is 0.324. The minimum Gasteiger partial charge on any atom is -0.326 e. The molecule has 0 bridgehead atoms. The third-order valence-electron chi connectivity index (χ3n) is 2.79. The van der Waals surface area contributed by atoms with Gasteiger partial charge in [-0.1, -0.05) is 19.9 Å². The number of nitrogens with two attached hydrogens (primary N) is 1. The summed E-state index contributed by atoms with van der Waals surface area (Å²) >= 11 is 5.50. The van der Waals surface area contributed by atoms with E-state index in [0.717, 1.165) is 29.9 Å². The molecule has 0 saturated carbocycles. The second-order valence-electron chi connectivity index (χ2n) is 3.84. The Bertz CT molecular complexity index is 340. The Morgan fingerprint density at radius 1 is 1.29 bits per heavy atom. The van der Waals surface area contributed by atoms with Crippen LogP contribution < -0.4 is 5.73 Å². The van der Waals surface area contributed by atoms with E-state index in [1.165, 1.54) is 10.5 Å². The molecule has 0 aliphatic carbocycles. The number of nitrogens with zero attached hydrogens (tertiary/aromatic N) is 1. The Kier molecular flexibility index (Phi) is 7.19. The van der Waals surface area contributed by atoms with Crippen molar-refractivity contribution >= 4 is 27.7 Å². The van der Waals surface area contributed by atoms with Crippen LogP contribution >= 0.6 is 27.7 Å². The molecule has 0 fully saturated rings. The molecule has 96 valence electrons. The van der Waals surface area contributed by atoms with Gasteiger partial charge in [0.15, 0.2) is 0 Å². The smallest absolute Gasteiger partial charge is 0.0314 e. The Hall–Kier alpha value is -0.0300. The maximum absolute atomic E-state index is 5.61. The van der Waals surface area contributed by atoms with E-state index in [4.69, 9.17) is 5.73 Å². The molecule has 1 aromatic carbocycles. The van der Waals surface area contributed by atoms with Crippen LogP contribution in [0.2, 0.25) is 0 Å². The van der Waals surface area contributed by atoms with Gasteiger partial charge in [-0.05, 0) is 46.7 Å². The van der Waals surface area contributed by atoms with Gasteiger partial charge in [-0.15, -0.1) is 11.8 Å². The van der Waals surface area contributed by atoms with E-state index in [1.807, 2.05) is 11.8 Å². The van der Waals surface area contributed by atoms with Crippen LogP contribution in [0.15, 0.2) is 27.6 Å². The van der Waals surface area contributed by atoms with Gasteiger partial charge < -0.3 is 10.6 Å². The maximum atomic E-state index is 5.61. The molecule has 4 heteroatoms. The standard InChI is InChI=1S/C13H21BrN2S/c1-3-16(4-2)7-8-17-13-6-5-11(10-15)9-12(13)14/h5-6,9H,3-4,7-8,10,15H2,1-2H3. The zero-order valence-corrected chi connectivity index (χ0v) is 13.0. The van der Waals surface area contributed by atoms with Gasteiger partial charge in [-0.3, -0.25) is 0 Å². The molecule has 0 aromatic heterocycles. The first kappa shape index (κ1) is 15.0. The van der Waals surface area contributed by atoms with E-state index in [0.29, 0.717) is 6.54 Å². The fourth-order valence-corrected chi connectivity index (χ4v) is 3.31. The minimum atomic E-state index is 0.600. The van der Waals surface area contributed by atoms with Gasteiger partial charge in [0, 0.05) is 28.2 Å². The van der Waals surface area contributed by atoms with E-state index < -0.39 is 0 Å². The SMILES string of the molecule is CCN(CC)CCSc1ccc(CN)cc1Br. The predicted octanol–water partition coefficient (Wildman–Crippen LogP) is 3.34. The van der Waals surface area contributed by atoms with E-state index in [9.17, 15) is 0 Å². The second-order valence-corrected chi connectivity index (χ2v) is 5.84. The molecule has 0 radical (unpaired) electrons. The number of hydrogen-bond donors (Lipinski definition) is 1. The molecule has 1 aromatic rings. The fourth-order valence-electron chi connectivity index (χ4n) is 1.61. The van der Waals surface area contributed by atoms with Crippen LogP contribution in [0.4, 0.5) is 0 Å². The zero-order chi connectivity index (χ0) is 12.7. The van der Waals surface area contributed by atoms with Crippen molar-refractivity contribution in [1.82, 2.24) is 4.90 Å². The molecular formula is C13H21BrN2S. The highest BCUT2D eigenvalue weighted by Gasteiger charge is 2.03. The van der Waals surface area contributed by atoms with Crippen molar-refractivity contribution in [2.24, 2.45) is 5.73 Å². The molecule has 1 rings (SSSR count). The number of thioether (sulfide) groups is 1. The second kappa shape index (κ2) is 8.14. The first-order valence-corrected chi connectivity index (χ1v) is 7.82. The molecule has 0 amide bonds. The Labute approximate surface area is 117 Å². The van der Waals surface area contributed by atoms with E-state index in [-0.39, 0.29) is 0 Å². The summed E-state index contributed by atoms with van der Waals surface area (Å²) in [5, 5.41) is 0. The van der Waals surface area contributed by atoms with Crippen LogP contribution in [0.5, 0.6) is 0 Å². The van der Waals surface area contributed by atoms with Crippen molar-refractivity contribution < 1.29 is 0 Å². The normalized spacial score (nSPS) is 11.1. The molecule has 0 unspecified atom stereocenters. The van der Waals surface area contributed by atoms with Crippen molar-refractivity contribution in [2.75, 3.05) is 25.4 Å². The van der Waals surface area contributed by atoms with Gasteiger partial charge in [0.25, 0.3) is 0 Å².